The summed E-state index contributed by atoms with van der Waals surface area (Å²) in [4.78, 5) is 37.1. The molecule has 0 radical (unpaired) electrons. The number of hydrogen-bond acceptors (Lipinski definition) is 5. The van der Waals surface area contributed by atoms with Gasteiger partial charge in [0.15, 0.2) is 0 Å². The Hall–Kier alpha value is -4.01. The molecule has 8 nitrogen and oxygen atoms in total. The van der Waals surface area contributed by atoms with Crippen LogP contribution in [0.2, 0.25) is 0 Å². The van der Waals surface area contributed by atoms with Crippen LogP contribution in [0, 0.1) is 15.9 Å². The molecule has 0 aliphatic carbocycles. The largest absolute Gasteiger partial charge is 0.489 e. The fraction of sp³-hybridized carbons (Fsp3) is 0.0526. The van der Waals surface area contributed by atoms with Gasteiger partial charge in [0.25, 0.3) is 0 Å². The molecular formula is C19H14FN3O5. The van der Waals surface area contributed by atoms with Crippen molar-refractivity contribution >= 4 is 17.8 Å². The number of aromatic nitrogens is 2. The first-order valence-electron chi connectivity index (χ1n) is 8.09. The van der Waals surface area contributed by atoms with Gasteiger partial charge in [-0.1, -0.05) is 30.3 Å². The maximum Gasteiger partial charge on any atom is 0.357 e. The average molecular weight is 383 g/mol. The van der Waals surface area contributed by atoms with Gasteiger partial charge in [0, 0.05) is 0 Å². The molecule has 28 heavy (non-hydrogen) atoms. The lowest BCUT2D eigenvalue weighted by Crippen LogP contribution is -2.25. The summed E-state index contributed by atoms with van der Waals surface area (Å²) < 4.78 is 18.5. The first kappa shape index (κ1) is 18.8. The van der Waals surface area contributed by atoms with Gasteiger partial charge in [-0.15, -0.1) is 0 Å². The van der Waals surface area contributed by atoms with Gasteiger partial charge in [-0.2, -0.15) is 0 Å². The molecule has 0 aliphatic heterocycles. The lowest BCUT2D eigenvalue weighted by Gasteiger charge is -2.06. The fourth-order valence-electron chi connectivity index (χ4n) is 2.40. The van der Waals surface area contributed by atoms with Crippen molar-refractivity contribution in [2.24, 2.45) is 0 Å². The second kappa shape index (κ2) is 8.12. The maximum atomic E-state index is 12.9. The molecule has 0 saturated heterocycles. The van der Waals surface area contributed by atoms with Crippen molar-refractivity contribution in [3.63, 3.8) is 0 Å². The molecule has 3 aromatic rings. The molecule has 1 heterocycles. The average Bonchev–Trinajstić information content (AvgIpc) is 2.66. The zero-order valence-corrected chi connectivity index (χ0v) is 14.3. The topological polar surface area (TPSA) is 118 Å². The molecule has 0 saturated carbocycles. The molecule has 0 atom stereocenters. The third-order valence-corrected chi connectivity index (χ3v) is 3.77. The van der Waals surface area contributed by atoms with E-state index >= 15 is 0 Å². The minimum absolute atomic E-state index is 0.199. The molecule has 2 N–H and O–H groups in total. The van der Waals surface area contributed by atoms with E-state index in [-0.39, 0.29) is 18.1 Å². The fourth-order valence-corrected chi connectivity index (χ4v) is 2.40. The Balaban J connectivity index is 1.72. The molecule has 0 fully saturated rings. The quantitative estimate of drug-likeness (QED) is 0.501. The molecule has 2 aromatic carbocycles. The minimum Gasteiger partial charge on any atom is -0.489 e. The lowest BCUT2D eigenvalue weighted by molar-refractivity contribution is -0.386. The third-order valence-electron chi connectivity index (χ3n) is 3.77. The van der Waals surface area contributed by atoms with Crippen LogP contribution >= 0.6 is 0 Å². The van der Waals surface area contributed by atoms with E-state index in [0.29, 0.717) is 11.3 Å². The molecule has 3 rings (SSSR count). The second-order valence-corrected chi connectivity index (χ2v) is 5.75. The number of hydrogen-bond donors (Lipinski definition) is 2. The Morgan fingerprint density at radius 3 is 2.32 bits per heavy atom. The van der Waals surface area contributed by atoms with Crippen molar-refractivity contribution in [2.45, 2.75) is 6.61 Å². The predicted molar refractivity (Wildman–Crippen MR) is 100 cm³/mol. The van der Waals surface area contributed by atoms with E-state index in [9.17, 15) is 24.1 Å². The highest BCUT2D eigenvalue weighted by Crippen LogP contribution is 2.17. The Kier molecular flexibility index (Phi) is 5.45. The molecule has 9 heteroatoms. The van der Waals surface area contributed by atoms with E-state index < -0.39 is 21.9 Å². The Labute approximate surface area is 157 Å². The van der Waals surface area contributed by atoms with E-state index in [2.05, 4.69) is 4.98 Å². The Bertz CT molecular complexity index is 1130. The Morgan fingerprint density at radius 2 is 1.68 bits per heavy atom. The Morgan fingerprint density at radius 1 is 1.00 bits per heavy atom. The van der Waals surface area contributed by atoms with Gasteiger partial charge in [0.2, 0.25) is 0 Å². The smallest absolute Gasteiger partial charge is 0.357 e. The summed E-state index contributed by atoms with van der Waals surface area (Å²) in [7, 11) is 0. The molecule has 0 unspecified atom stereocenters. The summed E-state index contributed by atoms with van der Waals surface area (Å²) >= 11 is 0. The van der Waals surface area contributed by atoms with Crippen molar-refractivity contribution in [3.8, 4) is 5.75 Å². The monoisotopic (exact) mass is 383 g/mol. The molecular weight excluding hydrogens is 369 g/mol. The number of nitrogens with one attached hydrogen (secondary N) is 2. The number of nitrogens with zero attached hydrogens (tertiary/aromatic N) is 1. The van der Waals surface area contributed by atoms with Gasteiger partial charge in [0.05, 0.1) is 4.92 Å². The molecule has 0 bridgehead atoms. The van der Waals surface area contributed by atoms with E-state index in [1.54, 1.807) is 36.4 Å². The summed E-state index contributed by atoms with van der Waals surface area (Å²) in [6, 6.07) is 12.7. The summed E-state index contributed by atoms with van der Waals surface area (Å²) in [5.41, 5.74) is -1.36. The summed E-state index contributed by atoms with van der Waals surface area (Å²) in [6.07, 6.45) is 2.80. The molecule has 1 aromatic heterocycles. The molecule has 0 aliphatic rings. The normalized spacial score (nSPS) is 10.9. The number of H-pyrrole nitrogens is 2. The standard InChI is InChI=1S/C19H14FN3O5/c20-14-6-1-13(2-7-14)11-28-15-8-3-12(4-9-15)5-10-16-17(23(26)27)18(24)22-19(25)21-16/h1-10H,11H2,(H2,21,22,24,25)/b10-5+. The van der Waals surface area contributed by atoms with Crippen molar-refractivity contribution in [3.05, 3.63) is 102 Å². The highest BCUT2D eigenvalue weighted by atomic mass is 19.1. The van der Waals surface area contributed by atoms with E-state index in [1.165, 1.54) is 24.3 Å². The van der Waals surface area contributed by atoms with Gasteiger partial charge >= 0.3 is 16.9 Å². The number of halogens is 1. The minimum atomic E-state index is -1.07. The molecule has 0 spiro atoms. The summed E-state index contributed by atoms with van der Waals surface area (Å²) in [5, 5.41) is 11.0. The van der Waals surface area contributed by atoms with Gasteiger partial charge in [-0.3, -0.25) is 19.9 Å². The van der Waals surface area contributed by atoms with Crippen molar-refractivity contribution in [1.82, 2.24) is 9.97 Å². The van der Waals surface area contributed by atoms with Crippen molar-refractivity contribution in [1.29, 1.82) is 0 Å². The van der Waals surface area contributed by atoms with Crippen LogP contribution in [0.5, 0.6) is 5.75 Å². The number of rotatable bonds is 6. The van der Waals surface area contributed by atoms with Crippen LogP contribution < -0.4 is 16.0 Å². The highest BCUT2D eigenvalue weighted by molar-refractivity contribution is 5.71. The first-order chi connectivity index (χ1) is 13.4. The maximum absolute atomic E-state index is 12.9. The SMILES string of the molecule is O=c1[nH]c(/C=C/c2ccc(OCc3ccc(F)cc3)cc2)c([N+](=O)[O-])c(=O)[nH]1. The summed E-state index contributed by atoms with van der Waals surface area (Å²) in [6.45, 7) is 0.274. The second-order valence-electron chi connectivity index (χ2n) is 5.75. The lowest BCUT2D eigenvalue weighted by atomic mass is 10.2. The van der Waals surface area contributed by atoms with Crippen LogP contribution in [0.4, 0.5) is 10.1 Å². The van der Waals surface area contributed by atoms with Crippen LogP contribution in [0.15, 0.2) is 58.1 Å². The van der Waals surface area contributed by atoms with E-state index in [0.717, 1.165) is 5.56 Å². The zero-order valence-electron chi connectivity index (χ0n) is 14.3. The first-order valence-corrected chi connectivity index (χ1v) is 8.09. The zero-order chi connectivity index (χ0) is 20.1. The number of nitro groups is 1. The molecule has 0 amide bonds. The van der Waals surface area contributed by atoms with Crippen molar-refractivity contribution in [2.75, 3.05) is 0 Å². The number of ether oxygens (including phenoxy) is 1. The van der Waals surface area contributed by atoms with Crippen LogP contribution in [-0.2, 0) is 6.61 Å². The summed E-state index contributed by atoms with van der Waals surface area (Å²) in [5.74, 6) is 0.263. The van der Waals surface area contributed by atoms with E-state index in [4.69, 9.17) is 4.74 Å². The number of benzene rings is 2. The van der Waals surface area contributed by atoms with Crippen molar-refractivity contribution < 1.29 is 14.1 Å². The number of aromatic amines is 2. The highest BCUT2D eigenvalue weighted by Gasteiger charge is 2.18. The van der Waals surface area contributed by atoms with Gasteiger partial charge in [0.1, 0.15) is 23.9 Å². The van der Waals surface area contributed by atoms with Crippen LogP contribution in [0.3, 0.4) is 0 Å². The molecule has 142 valence electrons. The van der Waals surface area contributed by atoms with Gasteiger partial charge in [-0.05, 0) is 41.5 Å². The van der Waals surface area contributed by atoms with Crippen LogP contribution in [0.25, 0.3) is 12.2 Å². The predicted octanol–water partition coefficient (Wildman–Crippen LogP) is 2.86. The third kappa shape index (κ3) is 4.58. The van der Waals surface area contributed by atoms with Crippen LogP contribution in [0.1, 0.15) is 16.8 Å². The van der Waals surface area contributed by atoms with Gasteiger partial charge in [-0.25, -0.2) is 9.18 Å². The van der Waals surface area contributed by atoms with Gasteiger partial charge < -0.3 is 9.72 Å². The van der Waals surface area contributed by atoms with Crippen LogP contribution in [-0.4, -0.2) is 14.9 Å². The van der Waals surface area contributed by atoms with E-state index in [1.807, 2.05) is 4.98 Å².